The van der Waals surface area contributed by atoms with Gasteiger partial charge in [0.05, 0.1) is 5.92 Å². The molecule has 15 heavy (non-hydrogen) atoms. The number of hydrogen-bond donors (Lipinski definition) is 1. The van der Waals surface area contributed by atoms with Gasteiger partial charge in [0.2, 0.25) is 0 Å². The van der Waals surface area contributed by atoms with E-state index in [2.05, 4.69) is 0 Å². The molecule has 1 aromatic carbocycles. The van der Waals surface area contributed by atoms with E-state index < -0.39 is 11.9 Å². The SMILES string of the molecule is CC(C(=O)O)C1Cc2ccccc2C1=O. The maximum Gasteiger partial charge on any atom is 0.306 e. The monoisotopic (exact) mass is 204 g/mol. The van der Waals surface area contributed by atoms with Crippen molar-refractivity contribution in [1.82, 2.24) is 0 Å². The van der Waals surface area contributed by atoms with Gasteiger partial charge in [0.25, 0.3) is 0 Å². The highest BCUT2D eigenvalue weighted by molar-refractivity contribution is 6.03. The Hall–Kier alpha value is -1.64. The molecule has 0 bridgehead atoms. The Bertz CT molecular complexity index is 423. The Balaban J connectivity index is 2.31. The van der Waals surface area contributed by atoms with Gasteiger partial charge >= 0.3 is 5.97 Å². The number of carbonyl (C=O) groups excluding carboxylic acids is 1. The van der Waals surface area contributed by atoms with Crippen molar-refractivity contribution in [2.75, 3.05) is 0 Å². The highest BCUT2D eigenvalue weighted by Gasteiger charge is 2.36. The summed E-state index contributed by atoms with van der Waals surface area (Å²) < 4.78 is 0. The van der Waals surface area contributed by atoms with Gasteiger partial charge in [-0.25, -0.2) is 0 Å². The lowest BCUT2D eigenvalue weighted by atomic mass is 9.91. The van der Waals surface area contributed by atoms with Crippen molar-refractivity contribution >= 4 is 11.8 Å². The topological polar surface area (TPSA) is 54.4 Å². The van der Waals surface area contributed by atoms with Gasteiger partial charge in [-0.15, -0.1) is 0 Å². The Kier molecular flexibility index (Phi) is 2.31. The van der Waals surface area contributed by atoms with E-state index in [-0.39, 0.29) is 11.7 Å². The van der Waals surface area contributed by atoms with Crippen molar-refractivity contribution in [1.29, 1.82) is 0 Å². The van der Waals surface area contributed by atoms with Crippen LogP contribution in [0.25, 0.3) is 0 Å². The largest absolute Gasteiger partial charge is 0.481 e. The third-order valence-electron chi connectivity index (χ3n) is 3.05. The highest BCUT2D eigenvalue weighted by atomic mass is 16.4. The number of ketones is 1. The number of hydrogen-bond acceptors (Lipinski definition) is 2. The minimum atomic E-state index is -0.902. The van der Waals surface area contributed by atoms with Crippen LogP contribution in [0.1, 0.15) is 22.8 Å². The molecule has 0 amide bonds. The summed E-state index contributed by atoms with van der Waals surface area (Å²) in [5, 5.41) is 8.89. The normalized spacial score (nSPS) is 21.1. The molecule has 0 saturated carbocycles. The van der Waals surface area contributed by atoms with Crippen LogP contribution in [0.2, 0.25) is 0 Å². The van der Waals surface area contributed by atoms with E-state index in [0.29, 0.717) is 12.0 Å². The van der Waals surface area contributed by atoms with Crippen LogP contribution in [-0.4, -0.2) is 16.9 Å². The molecular formula is C12H12O3. The van der Waals surface area contributed by atoms with Crippen LogP contribution in [0.5, 0.6) is 0 Å². The molecule has 0 heterocycles. The van der Waals surface area contributed by atoms with Gasteiger partial charge in [-0.2, -0.15) is 0 Å². The summed E-state index contributed by atoms with van der Waals surface area (Å²) in [7, 11) is 0. The average Bonchev–Trinajstić information content (AvgIpc) is 2.56. The van der Waals surface area contributed by atoms with E-state index in [4.69, 9.17) is 5.11 Å². The summed E-state index contributed by atoms with van der Waals surface area (Å²) in [6.45, 7) is 1.59. The standard InChI is InChI=1S/C12H12O3/c1-7(12(14)15)10-6-8-4-2-3-5-9(8)11(10)13/h2-5,7,10H,6H2,1H3,(H,14,15). The van der Waals surface area contributed by atoms with Crippen LogP contribution in [-0.2, 0) is 11.2 Å². The average molecular weight is 204 g/mol. The summed E-state index contributed by atoms with van der Waals surface area (Å²) in [4.78, 5) is 22.7. The van der Waals surface area contributed by atoms with E-state index in [1.807, 2.05) is 18.2 Å². The number of aliphatic carboxylic acids is 1. The molecule has 1 N–H and O–H groups in total. The molecule has 0 fully saturated rings. The predicted molar refractivity (Wildman–Crippen MR) is 54.8 cm³/mol. The van der Waals surface area contributed by atoms with E-state index in [9.17, 15) is 9.59 Å². The molecule has 0 aromatic heterocycles. The summed E-state index contributed by atoms with van der Waals surface area (Å²) in [5.41, 5.74) is 1.66. The van der Waals surface area contributed by atoms with Gasteiger partial charge in [0, 0.05) is 11.5 Å². The van der Waals surface area contributed by atoms with Crippen LogP contribution >= 0.6 is 0 Å². The first-order valence-corrected chi connectivity index (χ1v) is 4.96. The van der Waals surface area contributed by atoms with Gasteiger partial charge in [-0.1, -0.05) is 31.2 Å². The second kappa shape index (κ2) is 3.50. The maximum absolute atomic E-state index is 11.9. The fraction of sp³-hybridized carbons (Fsp3) is 0.333. The number of fused-ring (bicyclic) bond motifs is 1. The molecule has 3 nitrogen and oxygen atoms in total. The molecule has 78 valence electrons. The number of carbonyl (C=O) groups is 2. The molecule has 1 aliphatic carbocycles. The van der Waals surface area contributed by atoms with Crippen molar-refractivity contribution in [2.45, 2.75) is 13.3 Å². The zero-order valence-electron chi connectivity index (χ0n) is 8.43. The summed E-state index contributed by atoms with van der Waals surface area (Å²) in [6.07, 6.45) is 0.558. The Labute approximate surface area is 87.7 Å². The molecule has 2 unspecified atom stereocenters. The molecule has 1 aliphatic rings. The Morgan fingerprint density at radius 2 is 2.13 bits per heavy atom. The third-order valence-corrected chi connectivity index (χ3v) is 3.05. The zero-order valence-corrected chi connectivity index (χ0v) is 8.43. The Morgan fingerprint density at radius 3 is 2.73 bits per heavy atom. The van der Waals surface area contributed by atoms with Gasteiger partial charge < -0.3 is 5.11 Å². The third kappa shape index (κ3) is 1.54. The molecular weight excluding hydrogens is 192 g/mol. The van der Waals surface area contributed by atoms with Crippen molar-refractivity contribution in [2.24, 2.45) is 11.8 Å². The second-order valence-corrected chi connectivity index (χ2v) is 3.96. The number of carboxylic acid groups (broad SMARTS) is 1. The number of benzene rings is 1. The van der Waals surface area contributed by atoms with Gasteiger partial charge in [-0.05, 0) is 12.0 Å². The molecule has 0 spiro atoms. The Morgan fingerprint density at radius 1 is 1.47 bits per heavy atom. The van der Waals surface area contributed by atoms with Crippen molar-refractivity contribution in [3.05, 3.63) is 35.4 Å². The van der Waals surface area contributed by atoms with Crippen molar-refractivity contribution in [3.8, 4) is 0 Å². The first-order chi connectivity index (χ1) is 7.11. The maximum atomic E-state index is 11.9. The van der Waals surface area contributed by atoms with Gasteiger partial charge in [0.15, 0.2) is 5.78 Å². The van der Waals surface area contributed by atoms with Crippen molar-refractivity contribution in [3.63, 3.8) is 0 Å². The molecule has 0 saturated heterocycles. The lowest BCUT2D eigenvalue weighted by Gasteiger charge is -2.12. The number of carboxylic acids is 1. The molecule has 3 heteroatoms. The number of rotatable bonds is 2. The van der Waals surface area contributed by atoms with Crippen LogP contribution in [0.15, 0.2) is 24.3 Å². The lowest BCUT2D eigenvalue weighted by Crippen LogP contribution is -2.25. The first-order valence-electron chi connectivity index (χ1n) is 4.96. The van der Waals surface area contributed by atoms with E-state index in [0.717, 1.165) is 5.56 Å². The summed E-state index contributed by atoms with van der Waals surface area (Å²) in [5.74, 6) is -1.92. The van der Waals surface area contributed by atoms with Gasteiger partial charge in [0.1, 0.15) is 0 Å². The van der Waals surface area contributed by atoms with Crippen LogP contribution in [0.3, 0.4) is 0 Å². The van der Waals surface area contributed by atoms with E-state index in [1.54, 1.807) is 13.0 Å². The minimum absolute atomic E-state index is 0.0273. The van der Waals surface area contributed by atoms with Crippen molar-refractivity contribution < 1.29 is 14.7 Å². The quantitative estimate of drug-likeness (QED) is 0.798. The summed E-state index contributed by atoms with van der Waals surface area (Å²) >= 11 is 0. The highest BCUT2D eigenvalue weighted by Crippen LogP contribution is 2.31. The number of Topliss-reactive ketones (excluding diaryl/α,β-unsaturated/α-hetero) is 1. The van der Waals surface area contributed by atoms with Gasteiger partial charge in [-0.3, -0.25) is 9.59 Å². The first kappa shape index (κ1) is 9.90. The summed E-state index contributed by atoms with van der Waals surface area (Å²) in [6, 6.07) is 7.35. The molecule has 2 atom stereocenters. The second-order valence-electron chi connectivity index (χ2n) is 3.96. The van der Waals surface area contributed by atoms with Crippen LogP contribution in [0, 0.1) is 11.8 Å². The molecule has 2 rings (SSSR count). The molecule has 0 radical (unpaired) electrons. The van der Waals surface area contributed by atoms with Crippen LogP contribution in [0.4, 0.5) is 0 Å². The van der Waals surface area contributed by atoms with E-state index in [1.165, 1.54) is 0 Å². The molecule has 0 aliphatic heterocycles. The fourth-order valence-electron chi connectivity index (χ4n) is 2.04. The zero-order chi connectivity index (χ0) is 11.0. The van der Waals surface area contributed by atoms with E-state index >= 15 is 0 Å². The molecule has 1 aromatic rings. The minimum Gasteiger partial charge on any atom is -0.481 e. The predicted octanol–water partition coefficient (Wildman–Crippen LogP) is 1.76. The smallest absolute Gasteiger partial charge is 0.306 e. The lowest BCUT2D eigenvalue weighted by molar-refractivity contribution is -0.142. The van der Waals surface area contributed by atoms with Crippen LogP contribution < -0.4 is 0 Å². The fourth-order valence-corrected chi connectivity index (χ4v) is 2.04.